The summed E-state index contributed by atoms with van der Waals surface area (Å²) in [5, 5.41) is 0. The fourth-order valence-electron chi connectivity index (χ4n) is 3.74. The van der Waals surface area contributed by atoms with Gasteiger partial charge in [0.15, 0.2) is 12.4 Å². The van der Waals surface area contributed by atoms with Crippen molar-refractivity contribution in [2.75, 3.05) is 18.0 Å². The zero-order valence-corrected chi connectivity index (χ0v) is 13.3. The van der Waals surface area contributed by atoms with Gasteiger partial charge in [-0.1, -0.05) is 12.2 Å². The van der Waals surface area contributed by atoms with E-state index in [1.165, 1.54) is 49.9 Å². The molecule has 0 radical (unpaired) electrons. The van der Waals surface area contributed by atoms with Crippen molar-refractivity contribution in [2.24, 2.45) is 7.05 Å². The quantitative estimate of drug-likeness (QED) is 0.769. The maximum atomic E-state index is 2.60. The molecule has 2 aliphatic rings. The zero-order chi connectivity index (χ0) is 14.9. The van der Waals surface area contributed by atoms with Crippen LogP contribution < -0.4 is 9.47 Å². The van der Waals surface area contributed by atoms with Gasteiger partial charge in [0.2, 0.25) is 0 Å². The summed E-state index contributed by atoms with van der Waals surface area (Å²) in [5.74, 6) is 0. The lowest BCUT2D eigenvalue weighted by Crippen LogP contribution is -2.34. The van der Waals surface area contributed by atoms with Crippen molar-refractivity contribution >= 4 is 17.8 Å². The van der Waals surface area contributed by atoms with Crippen molar-refractivity contribution in [1.82, 2.24) is 0 Å². The zero-order valence-electron chi connectivity index (χ0n) is 13.3. The third-order valence-electron chi connectivity index (χ3n) is 4.83. The van der Waals surface area contributed by atoms with Gasteiger partial charge in [0.05, 0.1) is 0 Å². The van der Waals surface area contributed by atoms with E-state index >= 15 is 0 Å². The van der Waals surface area contributed by atoms with Gasteiger partial charge >= 0.3 is 0 Å². The fraction of sp³-hybridized carbons (Fsp3) is 0.350. The minimum atomic E-state index is 1.24. The van der Waals surface area contributed by atoms with Crippen LogP contribution in [0.15, 0.2) is 36.7 Å². The Morgan fingerprint density at radius 2 is 1.50 bits per heavy atom. The first-order valence-corrected chi connectivity index (χ1v) is 8.34. The minimum absolute atomic E-state index is 1.24. The molecule has 0 fully saturated rings. The Hall–Kier alpha value is -2.09. The van der Waals surface area contributed by atoms with Crippen molar-refractivity contribution in [3.05, 3.63) is 58.9 Å². The van der Waals surface area contributed by atoms with Crippen molar-refractivity contribution in [3.8, 4) is 0 Å². The van der Waals surface area contributed by atoms with Crippen LogP contribution in [-0.4, -0.2) is 13.1 Å². The highest BCUT2D eigenvalue weighted by Crippen LogP contribution is 2.36. The first-order chi connectivity index (χ1) is 10.8. The van der Waals surface area contributed by atoms with Crippen molar-refractivity contribution in [2.45, 2.75) is 25.7 Å². The lowest BCUT2D eigenvalue weighted by molar-refractivity contribution is -0.671. The van der Waals surface area contributed by atoms with Crippen LogP contribution in [0.4, 0.5) is 5.69 Å². The molecule has 1 aromatic carbocycles. The molecule has 2 aliphatic heterocycles. The second-order valence-corrected chi connectivity index (χ2v) is 6.51. The molecule has 0 N–H and O–H groups in total. The molecule has 0 bridgehead atoms. The summed E-state index contributed by atoms with van der Waals surface area (Å²) in [6, 6.07) is 9.10. The van der Waals surface area contributed by atoms with Crippen LogP contribution in [0.3, 0.4) is 0 Å². The second-order valence-electron chi connectivity index (χ2n) is 6.51. The van der Waals surface area contributed by atoms with Gasteiger partial charge in [-0.25, -0.2) is 4.57 Å². The number of benzene rings is 1. The molecule has 1 aromatic heterocycles. The Morgan fingerprint density at radius 3 is 2.14 bits per heavy atom. The molecule has 2 nitrogen and oxygen atoms in total. The minimum Gasteiger partial charge on any atom is -0.371 e. The van der Waals surface area contributed by atoms with E-state index in [0.29, 0.717) is 0 Å². The van der Waals surface area contributed by atoms with Crippen LogP contribution >= 0.6 is 0 Å². The van der Waals surface area contributed by atoms with E-state index in [0.717, 1.165) is 0 Å². The van der Waals surface area contributed by atoms with Crippen LogP contribution in [0, 0.1) is 0 Å². The van der Waals surface area contributed by atoms with Gasteiger partial charge in [0.25, 0.3) is 0 Å². The first-order valence-electron chi connectivity index (χ1n) is 8.34. The molecule has 0 atom stereocenters. The number of aryl methyl sites for hydroxylation is 3. The van der Waals surface area contributed by atoms with Crippen molar-refractivity contribution in [3.63, 3.8) is 0 Å². The molecule has 0 aliphatic carbocycles. The Bertz CT molecular complexity index is 682. The fourth-order valence-corrected chi connectivity index (χ4v) is 3.74. The third-order valence-corrected chi connectivity index (χ3v) is 4.83. The van der Waals surface area contributed by atoms with E-state index in [1.54, 1.807) is 16.8 Å². The average molecular weight is 291 g/mol. The Morgan fingerprint density at radius 1 is 0.909 bits per heavy atom. The molecule has 2 aromatic rings. The maximum absolute atomic E-state index is 2.60. The summed E-state index contributed by atoms with van der Waals surface area (Å²) in [6.45, 7) is 2.49. The molecular formula is C20H23N2+. The Balaban J connectivity index is 1.67. The van der Waals surface area contributed by atoms with E-state index in [4.69, 9.17) is 0 Å². The van der Waals surface area contributed by atoms with Gasteiger partial charge < -0.3 is 4.90 Å². The summed E-state index contributed by atoms with van der Waals surface area (Å²) in [5.41, 5.74) is 7.28. The third kappa shape index (κ3) is 2.54. The predicted octanol–water partition coefficient (Wildman–Crippen LogP) is 3.38. The normalized spacial score (nSPS) is 16.9. The Kier molecular flexibility index (Phi) is 3.45. The number of pyridine rings is 1. The smallest absolute Gasteiger partial charge is 0.169 e. The van der Waals surface area contributed by atoms with Crippen LogP contribution in [-0.2, 0) is 19.9 Å². The summed E-state index contributed by atoms with van der Waals surface area (Å²) in [7, 11) is 2.05. The highest BCUT2D eigenvalue weighted by molar-refractivity contribution is 5.74. The molecule has 0 saturated heterocycles. The van der Waals surface area contributed by atoms with Gasteiger partial charge in [-0.2, -0.15) is 0 Å². The number of hydrogen-bond donors (Lipinski definition) is 0. The van der Waals surface area contributed by atoms with Gasteiger partial charge in [-0.15, -0.1) is 0 Å². The molecular weight excluding hydrogens is 268 g/mol. The average Bonchev–Trinajstić information content (AvgIpc) is 2.55. The number of hydrogen-bond acceptors (Lipinski definition) is 1. The molecule has 0 saturated carbocycles. The van der Waals surface area contributed by atoms with Gasteiger partial charge in [0.1, 0.15) is 7.05 Å². The molecule has 0 amide bonds. The van der Waals surface area contributed by atoms with Crippen molar-refractivity contribution < 1.29 is 4.57 Å². The molecule has 2 heteroatoms. The summed E-state index contributed by atoms with van der Waals surface area (Å²) in [4.78, 5) is 2.60. The Labute approximate surface area is 132 Å². The number of aromatic nitrogens is 1. The summed E-state index contributed by atoms with van der Waals surface area (Å²) < 4.78 is 2.06. The lowest BCUT2D eigenvalue weighted by atomic mass is 9.90. The molecule has 3 heterocycles. The van der Waals surface area contributed by atoms with E-state index in [1.807, 2.05) is 7.05 Å². The van der Waals surface area contributed by atoms with Gasteiger partial charge in [0, 0.05) is 30.9 Å². The van der Waals surface area contributed by atoms with Crippen LogP contribution in [0.2, 0.25) is 0 Å². The maximum Gasteiger partial charge on any atom is 0.169 e. The standard InChI is InChI=1S/C20H23N2/c1-21-12-8-16(9-13-21)6-7-17-14-18-4-2-10-22-11-3-5-19(15-17)20(18)22/h6-9,12-15H,2-5,10-11H2,1H3/q+1. The highest BCUT2D eigenvalue weighted by Gasteiger charge is 2.23. The van der Waals surface area contributed by atoms with Crippen molar-refractivity contribution in [1.29, 1.82) is 0 Å². The van der Waals surface area contributed by atoms with E-state index in [9.17, 15) is 0 Å². The van der Waals surface area contributed by atoms with E-state index < -0.39 is 0 Å². The number of rotatable bonds is 2. The summed E-state index contributed by atoms with van der Waals surface area (Å²) >= 11 is 0. The first kappa shape index (κ1) is 13.6. The predicted molar refractivity (Wildman–Crippen MR) is 91.8 cm³/mol. The number of anilines is 1. The van der Waals surface area contributed by atoms with Gasteiger partial charge in [-0.3, -0.25) is 0 Å². The topological polar surface area (TPSA) is 7.12 Å². The van der Waals surface area contributed by atoms with E-state index in [-0.39, 0.29) is 0 Å². The van der Waals surface area contributed by atoms with E-state index in [2.05, 4.69) is 58.3 Å². The number of nitrogens with zero attached hydrogens (tertiary/aromatic N) is 2. The van der Waals surface area contributed by atoms with Crippen LogP contribution in [0.1, 0.15) is 35.1 Å². The van der Waals surface area contributed by atoms with Crippen LogP contribution in [0.25, 0.3) is 12.2 Å². The van der Waals surface area contributed by atoms with Crippen LogP contribution in [0.5, 0.6) is 0 Å². The highest BCUT2D eigenvalue weighted by atomic mass is 15.1. The van der Waals surface area contributed by atoms with Gasteiger partial charge in [-0.05, 0) is 60.1 Å². The lowest BCUT2D eigenvalue weighted by Gasteiger charge is -2.37. The molecule has 0 unspecified atom stereocenters. The second kappa shape index (κ2) is 5.60. The molecule has 112 valence electrons. The monoisotopic (exact) mass is 291 g/mol. The SMILES string of the molecule is C[n+]1ccc(/C=C/c2cc3c4c(c2)CCCN4CCC3)cc1. The largest absolute Gasteiger partial charge is 0.371 e. The molecule has 0 spiro atoms. The molecule has 4 rings (SSSR count). The summed E-state index contributed by atoms with van der Waals surface area (Å²) in [6.07, 6.45) is 13.7. The molecule has 22 heavy (non-hydrogen) atoms.